The minimum atomic E-state index is -0.769. The lowest BCUT2D eigenvalue weighted by Crippen LogP contribution is -2.32. The van der Waals surface area contributed by atoms with Crippen LogP contribution in [0.25, 0.3) is 10.1 Å². The zero-order chi connectivity index (χ0) is 13.9. The number of thiophene rings is 1. The van der Waals surface area contributed by atoms with Gasteiger partial charge in [-0.05, 0) is 41.2 Å². The summed E-state index contributed by atoms with van der Waals surface area (Å²) in [5, 5.41) is 13.5. The third kappa shape index (κ3) is 2.79. The first-order valence-electron chi connectivity index (χ1n) is 7.41. The Bertz CT molecular complexity index is 596. The molecule has 1 aromatic carbocycles. The summed E-state index contributed by atoms with van der Waals surface area (Å²) in [5.41, 5.74) is 1.06. The molecule has 106 valence electrons. The standard InChI is InChI=1S/C17H20O2S/c18-15(17(19)12-6-2-1-3-7-12)10-13-11-20-16-9-5-4-8-14(13)16/h4-5,8-9,11-12,17,19H,1-3,6-7,10H2. The van der Waals surface area contributed by atoms with Gasteiger partial charge in [-0.1, -0.05) is 37.5 Å². The lowest BCUT2D eigenvalue weighted by Gasteiger charge is -2.25. The second-order valence-electron chi connectivity index (χ2n) is 5.74. The van der Waals surface area contributed by atoms with Crippen LogP contribution < -0.4 is 0 Å². The zero-order valence-electron chi connectivity index (χ0n) is 11.5. The summed E-state index contributed by atoms with van der Waals surface area (Å²) in [6, 6.07) is 8.15. The zero-order valence-corrected chi connectivity index (χ0v) is 12.4. The number of Topliss-reactive ketones (excluding diaryl/α,β-unsaturated/α-hetero) is 1. The molecule has 3 heteroatoms. The van der Waals surface area contributed by atoms with Crippen LogP contribution in [0.4, 0.5) is 0 Å². The summed E-state index contributed by atoms with van der Waals surface area (Å²) >= 11 is 1.67. The van der Waals surface area contributed by atoms with Crippen LogP contribution >= 0.6 is 11.3 Å². The third-order valence-corrected chi connectivity index (χ3v) is 5.36. The summed E-state index contributed by atoms with van der Waals surface area (Å²) in [4.78, 5) is 12.3. The van der Waals surface area contributed by atoms with Gasteiger partial charge in [0.1, 0.15) is 6.10 Å². The molecule has 2 aromatic rings. The van der Waals surface area contributed by atoms with Crippen LogP contribution in [-0.4, -0.2) is 17.0 Å². The van der Waals surface area contributed by atoms with Crippen molar-refractivity contribution < 1.29 is 9.90 Å². The molecule has 1 fully saturated rings. The Labute approximate surface area is 123 Å². The number of carbonyl (C=O) groups is 1. The van der Waals surface area contributed by atoms with Crippen molar-refractivity contribution in [3.8, 4) is 0 Å². The summed E-state index contributed by atoms with van der Waals surface area (Å²) in [7, 11) is 0. The van der Waals surface area contributed by atoms with Crippen LogP contribution in [-0.2, 0) is 11.2 Å². The summed E-state index contributed by atoms with van der Waals surface area (Å²) in [5.74, 6) is 0.168. The highest BCUT2D eigenvalue weighted by atomic mass is 32.1. The molecular weight excluding hydrogens is 268 g/mol. The van der Waals surface area contributed by atoms with Gasteiger partial charge in [0.25, 0.3) is 0 Å². The van der Waals surface area contributed by atoms with Crippen LogP contribution in [0.3, 0.4) is 0 Å². The number of aliphatic hydroxyl groups is 1. The van der Waals surface area contributed by atoms with Gasteiger partial charge in [0.2, 0.25) is 0 Å². The van der Waals surface area contributed by atoms with Crippen molar-refractivity contribution in [3.05, 3.63) is 35.2 Å². The van der Waals surface area contributed by atoms with Gasteiger partial charge in [-0.25, -0.2) is 0 Å². The van der Waals surface area contributed by atoms with E-state index in [4.69, 9.17) is 0 Å². The molecule has 0 saturated heterocycles. The summed E-state index contributed by atoms with van der Waals surface area (Å²) in [6.45, 7) is 0. The molecule has 1 atom stereocenters. The number of fused-ring (bicyclic) bond motifs is 1. The normalized spacial score (nSPS) is 18.2. The lowest BCUT2D eigenvalue weighted by atomic mass is 9.83. The highest BCUT2D eigenvalue weighted by Gasteiger charge is 2.27. The van der Waals surface area contributed by atoms with Gasteiger partial charge in [0.15, 0.2) is 5.78 Å². The number of benzene rings is 1. The molecule has 2 nitrogen and oxygen atoms in total. The molecule has 1 aliphatic carbocycles. The number of hydrogen-bond donors (Lipinski definition) is 1. The van der Waals surface area contributed by atoms with Crippen LogP contribution in [0.15, 0.2) is 29.6 Å². The van der Waals surface area contributed by atoms with Crippen LogP contribution in [0.2, 0.25) is 0 Å². The van der Waals surface area contributed by atoms with Gasteiger partial charge in [-0.15, -0.1) is 11.3 Å². The minimum absolute atomic E-state index is 0.0135. The molecule has 0 aliphatic heterocycles. The van der Waals surface area contributed by atoms with E-state index in [-0.39, 0.29) is 11.7 Å². The predicted molar refractivity (Wildman–Crippen MR) is 83.1 cm³/mol. The van der Waals surface area contributed by atoms with Crippen molar-refractivity contribution in [2.24, 2.45) is 5.92 Å². The Morgan fingerprint density at radius 2 is 2.00 bits per heavy atom. The highest BCUT2D eigenvalue weighted by molar-refractivity contribution is 7.17. The van der Waals surface area contributed by atoms with Crippen LogP contribution in [0.5, 0.6) is 0 Å². The van der Waals surface area contributed by atoms with Crippen molar-refractivity contribution in [1.82, 2.24) is 0 Å². The maximum Gasteiger partial charge on any atom is 0.165 e. The predicted octanol–water partition coefficient (Wildman–Crippen LogP) is 3.95. The van der Waals surface area contributed by atoms with E-state index in [0.717, 1.165) is 36.6 Å². The van der Waals surface area contributed by atoms with E-state index >= 15 is 0 Å². The number of rotatable bonds is 4. The molecule has 0 radical (unpaired) electrons. The number of ketones is 1. The van der Waals surface area contributed by atoms with Crippen molar-refractivity contribution >= 4 is 27.2 Å². The Balaban J connectivity index is 1.71. The largest absolute Gasteiger partial charge is 0.385 e. The van der Waals surface area contributed by atoms with Crippen molar-refractivity contribution in [3.63, 3.8) is 0 Å². The molecule has 20 heavy (non-hydrogen) atoms. The minimum Gasteiger partial charge on any atom is -0.385 e. The van der Waals surface area contributed by atoms with E-state index < -0.39 is 6.10 Å². The van der Waals surface area contributed by atoms with Gasteiger partial charge < -0.3 is 5.11 Å². The third-order valence-electron chi connectivity index (χ3n) is 4.35. The second-order valence-corrected chi connectivity index (χ2v) is 6.65. The maximum atomic E-state index is 12.3. The average molecular weight is 288 g/mol. The average Bonchev–Trinajstić information content (AvgIpc) is 2.91. The molecule has 0 amide bonds. The molecule has 1 aliphatic rings. The van der Waals surface area contributed by atoms with Gasteiger partial charge >= 0.3 is 0 Å². The first kappa shape index (κ1) is 13.8. The molecular formula is C17H20O2S. The monoisotopic (exact) mass is 288 g/mol. The summed E-state index contributed by atoms with van der Waals surface area (Å²) in [6.07, 6.45) is 5.13. The number of aliphatic hydroxyl groups excluding tert-OH is 1. The van der Waals surface area contributed by atoms with Crippen molar-refractivity contribution in [2.45, 2.75) is 44.6 Å². The van der Waals surface area contributed by atoms with Gasteiger partial charge in [0.05, 0.1) is 0 Å². The second kappa shape index (κ2) is 6.06. The smallest absolute Gasteiger partial charge is 0.165 e. The highest BCUT2D eigenvalue weighted by Crippen LogP contribution is 2.29. The Morgan fingerprint density at radius 1 is 1.25 bits per heavy atom. The molecule has 1 N–H and O–H groups in total. The Kier molecular flexibility index (Phi) is 4.18. The molecule has 1 saturated carbocycles. The van der Waals surface area contributed by atoms with Crippen molar-refractivity contribution in [2.75, 3.05) is 0 Å². The van der Waals surface area contributed by atoms with E-state index in [1.165, 1.54) is 11.1 Å². The Hall–Kier alpha value is -1.19. The summed E-state index contributed by atoms with van der Waals surface area (Å²) < 4.78 is 1.21. The quantitative estimate of drug-likeness (QED) is 0.924. The molecule has 0 bridgehead atoms. The van der Waals surface area contributed by atoms with Crippen LogP contribution in [0, 0.1) is 5.92 Å². The fraction of sp³-hybridized carbons (Fsp3) is 0.471. The van der Waals surface area contributed by atoms with E-state index in [0.29, 0.717) is 6.42 Å². The van der Waals surface area contributed by atoms with E-state index in [2.05, 4.69) is 17.5 Å². The van der Waals surface area contributed by atoms with Gasteiger partial charge in [-0.3, -0.25) is 4.79 Å². The SMILES string of the molecule is O=C(Cc1csc2ccccc12)C(O)C1CCCCC1. The molecule has 0 spiro atoms. The molecule has 1 unspecified atom stereocenters. The first-order chi connectivity index (χ1) is 9.75. The maximum absolute atomic E-state index is 12.3. The molecule has 1 heterocycles. The van der Waals surface area contributed by atoms with E-state index in [1.807, 2.05) is 12.1 Å². The van der Waals surface area contributed by atoms with Crippen LogP contribution in [0.1, 0.15) is 37.7 Å². The van der Waals surface area contributed by atoms with E-state index in [9.17, 15) is 9.90 Å². The first-order valence-corrected chi connectivity index (χ1v) is 8.29. The number of carbonyl (C=O) groups excluding carboxylic acids is 1. The van der Waals surface area contributed by atoms with E-state index in [1.54, 1.807) is 11.3 Å². The fourth-order valence-electron chi connectivity index (χ4n) is 3.17. The lowest BCUT2D eigenvalue weighted by molar-refractivity contribution is -0.129. The number of hydrogen-bond acceptors (Lipinski definition) is 3. The van der Waals surface area contributed by atoms with Gasteiger partial charge in [0, 0.05) is 11.1 Å². The molecule has 3 rings (SSSR count). The topological polar surface area (TPSA) is 37.3 Å². The Morgan fingerprint density at radius 3 is 2.80 bits per heavy atom. The van der Waals surface area contributed by atoms with Crippen molar-refractivity contribution in [1.29, 1.82) is 0 Å². The van der Waals surface area contributed by atoms with Gasteiger partial charge in [-0.2, -0.15) is 0 Å². The molecule has 1 aromatic heterocycles. The fourth-order valence-corrected chi connectivity index (χ4v) is 4.14.